The van der Waals surface area contributed by atoms with Crippen molar-refractivity contribution in [3.05, 3.63) is 40.8 Å². The van der Waals surface area contributed by atoms with Crippen molar-refractivity contribution in [3.63, 3.8) is 0 Å². The second-order valence-corrected chi connectivity index (χ2v) is 7.12. The van der Waals surface area contributed by atoms with E-state index in [1.807, 2.05) is 0 Å². The van der Waals surface area contributed by atoms with E-state index in [0.717, 1.165) is 27.0 Å². The first-order chi connectivity index (χ1) is 16.5. The molecule has 11 nitrogen and oxygen atoms in total. The molecule has 0 bridgehead atoms. The molecule has 1 aromatic heterocycles. The van der Waals surface area contributed by atoms with Gasteiger partial charge in [-0.05, 0) is 17.7 Å². The molecular weight excluding hydrogens is 464 g/mol. The van der Waals surface area contributed by atoms with Gasteiger partial charge in [0.1, 0.15) is 17.2 Å². The molecule has 3 rings (SSSR count). The predicted octanol–water partition coefficient (Wildman–Crippen LogP) is 3.17. The van der Waals surface area contributed by atoms with E-state index in [1.54, 1.807) is 0 Å². The Bertz CT molecular complexity index is 1420. The fourth-order valence-corrected chi connectivity index (χ4v) is 3.23. The molecule has 2 aromatic carbocycles. The number of methoxy groups -OCH3 is 1. The van der Waals surface area contributed by atoms with Gasteiger partial charge in [0.25, 0.3) is 0 Å². The number of esters is 4. The predicted molar refractivity (Wildman–Crippen MR) is 120 cm³/mol. The van der Waals surface area contributed by atoms with Crippen LogP contribution in [0.25, 0.3) is 22.1 Å². The molecule has 35 heavy (non-hydrogen) atoms. The van der Waals surface area contributed by atoms with Crippen LogP contribution in [0.2, 0.25) is 0 Å². The van der Waals surface area contributed by atoms with Crippen LogP contribution in [-0.2, 0) is 19.2 Å². The highest BCUT2D eigenvalue weighted by Crippen LogP contribution is 2.43. The number of carbonyl (C=O) groups is 4. The summed E-state index contributed by atoms with van der Waals surface area (Å²) in [6.45, 7) is 4.62. The number of hydrogen-bond donors (Lipinski definition) is 0. The fraction of sp³-hybridized carbons (Fsp3) is 0.208. The van der Waals surface area contributed by atoms with Crippen molar-refractivity contribution in [1.82, 2.24) is 0 Å². The van der Waals surface area contributed by atoms with Gasteiger partial charge in [-0.15, -0.1) is 0 Å². The Kier molecular flexibility index (Phi) is 7.19. The van der Waals surface area contributed by atoms with Gasteiger partial charge in [0.05, 0.1) is 12.7 Å². The van der Waals surface area contributed by atoms with Gasteiger partial charge in [0.2, 0.25) is 11.2 Å². The lowest BCUT2D eigenvalue weighted by Crippen LogP contribution is -2.12. The summed E-state index contributed by atoms with van der Waals surface area (Å²) in [6.07, 6.45) is 1.13. The topological polar surface area (TPSA) is 145 Å². The summed E-state index contributed by atoms with van der Waals surface area (Å²) in [4.78, 5) is 59.7. The zero-order chi connectivity index (χ0) is 25.9. The molecule has 0 radical (unpaired) electrons. The van der Waals surface area contributed by atoms with Crippen LogP contribution in [0, 0.1) is 0 Å². The van der Waals surface area contributed by atoms with Gasteiger partial charge in [-0.2, -0.15) is 0 Å². The molecule has 0 saturated carbocycles. The smallest absolute Gasteiger partial charge is 0.308 e. The number of hydrogen-bond acceptors (Lipinski definition) is 11. The van der Waals surface area contributed by atoms with Gasteiger partial charge in [0, 0.05) is 33.8 Å². The number of fused-ring (bicyclic) bond motifs is 1. The monoisotopic (exact) mass is 484 g/mol. The number of carbonyl (C=O) groups excluding carboxylic acids is 4. The van der Waals surface area contributed by atoms with Crippen LogP contribution in [0.15, 0.2) is 39.7 Å². The average Bonchev–Trinajstić information content (AvgIpc) is 2.74. The molecule has 0 spiro atoms. The van der Waals surface area contributed by atoms with E-state index in [9.17, 15) is 24.0 Å². The van der Waals surface area contributed by atoms with Gasteiger partial charge in [-0.3, -0.25) is 24.0 Å². The van der Waals surface area contributed by atoms with E-state index in [4.69, 9.17) is 28.1 Å². The van der Waals surface area contributed by atoms with E-state index >= 15 is 0 Å². The third-order valence-corrected chi connectivity index (χ3v) is 4.41. The summed E-state index contributed by atoms with van der Waals surface area (Å²) < 4.78 is 31.4. The molecule has 11 heteroatoms. The average molecular weight is 484 g/mol. The number of rotatable bonds is 6. The minimum Gasteiger partial charge on any atom is -0.490 e. The van der Waals surface area contributed by atoms with Crippen LogP contribution in [-0.4, -0.2) is 31.0 Å². The molecule has 3 aromatic rings. The van der Waals surface area contributed by atoms with Crippen molar-refractivity contribution in [2.75, 3.05) is 7.11 Å². The molecule has 0 atom stereocenters. The minimum atomic E-state index is -0.766. The molecule has 0 aliphatic rings. The van der Waals surface area contributed by atoms with Gasteiger partial charge < -0.3 is 28.1 Å². The molecule has 182 valence electrons. The third-order valence-electron chi connectivity index (χ3n) is 4.41. The third kappa shape index (κ3) is 5.46. The van der Waals surface area contributed by atoms with Gasteiger partial charge in [-0.1, -0.05) is 6.07 Å². The van der Waals surface area contributed by atoms with E-state index in [2.05, 4.69) is 0 Å². The second-order valence-electron chi connectivity index (χ2n) is 7.12. The Morgan fingerprint density at radius 1 is 0.714 bits per heavy atom. The molecule has 0 aliphatic heterocycles. The highest BCUT2D eigenvalue weighted by molar-refractivity contribution is 5.94. The number of ether oxygens (including phenoxy) is 5. The van der Waals surface area contributed by atoms with E-state index in [-0.39, 0.29) is 50.8 Å². The van der Waals surface area contributed by atoms with Crippen LogP contribution >= 0.6 is 0 Å². The first-order valence-corrected chi connectivity index (χ1v) is 10.1. The maximum atomic E-state index is 13.5. The standard InChI is InChI=1S/C24H20O11/c1-11(25)32-17-7-6-15(8-18(17)33-12(2)26)16-10-31-19-9-20(34-13(3)27)23(30-5)24(35-14(4)28)21(19)22(16)29/h6-10H,1-5H3. The van der Waals surface area contributed by atoms with Crippen LogP contribution in [0.4, 0.5) is 0 Å². The van der Waals surface area contributed by atoms with Crippen molar-refractivity contribution >= 4 is 34.8 Å². The lowest BCUT2D eigenvalue weighted by Gasteiger charge is -2.15. The first kappa shape index (κ1) is 25.0. The molecule has 0 unspecified atom stereocenters. The zero-order valence-electron chi connectivity index (χ0n) is 19.4. The van der Waals surface area contributed by atoms with E-state index in [1.165, 1.54) is 38.3 Å². The first-order valence-electron chi connectivity index (χ1n) is 10.1. The summed E-state index contributed by atoms with van der Waals surface area (Å²) in [7, 11) is 1.24. The lowest BCUT2D eigenvalue weighted by atomic mass is 10.0. The Morgan fingerprint density at radius 2 is 1.29 bits per heavy atom. The highest BCUT2D eigenvalue weighted by Gasteiger charge is 2.25. The molecule has 0 aliphatic carbocycles. The zero-order valence-corrected chi connectivity index (χ0v) is 19.4. The maximum Gasteiger partial charge on any atom is 0.308 e. The maximum absolute atomic E-state index is 13.5. The molecule has 1 heterocycles. The van der Waals surface area contributed by atoms with E-state index in [0.29, 0.717) is 0 Å². The normalized spacial score (nSPS) is 10.4. The largest absolute Gasteiger partial charge is 0.490 e. The highest BCUT2D eigenvalue weighted by atomic mass is 16.6. The van der Waals surface area contributed by atoms with Gasteiger partial charge >= 0.3 is 23.9 Å². The Morgan fingerprint density at radius 3 is 1.86 bits per heavy atom. The molecular formula is C24H20O11. The SMILES string of the molecule is COc1c(OC(C)=O)cc2occ(-c3ccc(OC(C)=O)c(OC(C)=O)c3)c(=O)c2c1OC(C)=O. The fourth-order valence-electron chi connectivity index (χ4n) is 3.23. The summed E-state index contributed by atoms with van der Waals surface area (Å²) in [5.41, 5.74) is -0.450. The quantitative estimate of drug-likeness (QED) is 0.376. The lowest BCUT2D eigenvalue weighted by molar-refractivity contribution is -0.134. The Balaban J connectivity index is 2.30. The number of benzene rings is 2. The summed E-state index contributed by atoms with van der Waals surface area (Å²) in [6, 6.07) is 5.35. The van der Waals surface area contributed by atoms with Crippen LogP contribution in [0.5, 0.6) is 28.7 Å². The molecule has 0 saturated heterocycles. The van der Waals surface area contributed by atoms with Crippen molar-refractivity contribution in [2.24, 2.45) is 0 Å². The molecule has 0 fully saturated rings. The van der Waals surface area contributed by atoms with Gasteiger partial charge in [-0.25, -0.2) is 0 Å². The van der Waals surface area contributed by atoms with Crippen molar-refractivity contribution in [3.8, 4) is 39.9 Å². The summed E-state index contributed by atoms with van der Waals surface area (Å²) >= 11 is 0. The van der Waals surface area contributed by atoms with E-state index < -0.39 is 29.3 Å². The van der Waals surface area contributed by atoms with Crippen LogP contribution in [0.3, 0.4) is 0 Å². The molecule has 0 N–H and O–H groups in total. The van der Waals surface area contributed by atoms with Crippen LogP contribution in [0.1, 0.15) is 27.7 Å². The van der Waals surface area contributed by atoms with Crippen molar-refractivity contribution in [1.29, 1.82) is 0 Å². The molecule has 0 amide bonds. The minimum absolute atomic E-state index is 0.00373. The van der Waals surface area contributed by atoms with Gasteiger partial charge in [0.15, 0.2) is 23.0 Å². The Hall–Kier alpha value is -4.67. The second kappa shape index (κ2) is 10.1. The summed E-state index contributed by atoms with van der Waals surface area (Å²) in [5, 5.41) is -0.163. The Labute approximate surface area is 198 Å². The summed E-state index contributed by atoms with van der Waals surface area (Å²) in [5.74, 6) is -3.50. The van der Waals surface area contributed by atoms with Crippen molar-refractivity contribution in [2.45, 2.75) is 27.7 Å². The van der Waals surface area contributed by atoms with Crippen molar-refractivity contribution < 1.29 is 47.3 Å². The van der Waals surface area contributed by atoms with Crippen LogP contribution < -0.4 is 29.1 Å².